The highest BCUT2D eigenvalue weighted by molar-refractivity contribution is 6.23. The molecule has 3 rings (SSSR count). The Kier molecular flexibility index (Phi) is 5.99. The number of phenolic OH excluding ortho intramolecular Hbond substituents is 1. The molecule has 5 atom stereocenters. The van der Waals surface area contributed by atoms with Gasteiger partial charge in [0.2, 0.25) is 0 Å². The van der Waals surface area contributed by atoms with Crippen molar-refractivity contribution in [2.45, 2.75) is 49.5 Å². The second-order valence-electron chi connectivity index (χ2n) is 7.06. The second kappa shape index (κ2) is 8.12. The first kappa shape index (κ1) is 20.7. The van der Waals surface area contributed by atoms with Crippen LogP contribution in [-0.2, 0) is 16.0 Å². The van der Waals surface area contributed by atoms with Crippen LogP contribution in [0.25, 0.3) is 5.57 Å². The number of hydrogen-bond acceptors (Lipinski definition) is 8. The van der Waals surface area contributed by atoms with Crippen LogP contribution in [0.5, 0.6) is 5.75 Å². The summed E-state index contributed by atoms with van der Waals surface area (Å²) in [5.74, 6) is -2.47. The van der Waals surface area contributed by atoms with Crippen LogP contribution in [0.4, 0.5) is 0 Å². The van der Waals surface area contributed by atoms with E-state index >= 15 is 0 Å². The molecule has 0 aromatic heterocycles. The number of benzene rings is 1. The highest BCUT2D eigenvalue weighted by Gasteiger charge is 2.52. The normalized spacial score (nSPS) is 33.0. The Hall–Kier alpha value is -2.07. The minimum Gasteiger partial charge on any atom is -0.507 e. The van der Waals surface area contributed by atoms with Crippen LogP contribution in [0.1, 0.15) is 24.0 Å². The van der Waals surface area contributed by atoms with Gasteiger partial charge in [0.25, 0.3) is 0 Å². The summed E-state index contributed by atoms with van der Waals surface area (Å²) in [4.78, 5) is 12.1. The van der Waals surface area contributed by atoms with Crippen LogP contribution >= 0.6 is 0 Å². The number of hydrogen-bond donors (Lipinski definition) is 6. The van der Waals surface area contributed by atoms with Crippen molar-refractivity contribution in [2.75, 3.05) is 6.61 Å². The third-order valence-corrected chi connectivity index (χ3v) is 5.22. The molecule has 0 saturated carbocycles. The quantitative estimate of drug-likeness (QED) is 0.389. The monoisotopic (exact) mass is 392 g/mol. The van der Waals surface area contributed by atoms with Gasteiger partial charge in [0.1, 0.15) is 30.2 Å². The van der Waals surface area contributed by atoms with Crippen LogP contribution in [0.15, 0.2) is 36.4 Å². The molecule has 1 aromatic rings. The molecule has 1 heterocycles. The van der Waals surface area contributed by atoms with Crippen LogP contribution in [0, 0.1) is 0 Å². The lowest BCUT2D eigenvalue weighted by molar-refractivity contribution is -0.351. The molecule has 8 nitrogen and oxygen atoms in total. The third-order valence-electron chi connectivity index (χ3n) is 5.22. The number of ether oxygens (including phenoxy) is 1. The lowest BCUT2D eigenvalue weighted by atomic mass is 9.88. The summed E-state index contributed by atoms with van der Waals surface area (Å²) in [6.07, 6.45) is -1.16. The van der Waals surface area contributed by atoms with Crippen molar-refractivity contribution in [3.63, 3.8) is 0 Å². The Morgan fingerprint density at radius 2 is 1.93 bits per heavy atom. The number of aliphatic hydroxyl groups excluding tert-OH is 4. The zero-order valence-electron chi connectivity index (χ0n) is 15.1. The van der Waals surface area contributed by atoms with Gasteiger partial charge in [-0.2, -0.15) is 0 Å². The maximum Gasteiger partial charge on any atom is 0.195 e. The first-order valence-electron chi connectivity index (χ1n) is 9.05. The highest BCUT2D eigenvalue weighted by atomic mass is 16.7. The minimum atomic E-state index is -2.23. The largest absolute Gasteiger partial charge is 0.507 e. The first-order chi connectivity index (χ1) is 13.3. The number of para-hydroxylation sites is 1. The molecule has 1 fully saturated rings. The minimum absolute atomic E-state index is 0.0471. The molecule has 1 aliphatic carbocycles. The summed E-state index contributed by atoms with van der Waals surface area (Å²) in [6.45, 7) is -0.655. The van der Waals surface area contributed by atoms with Gasteiger partial charge in [-0.25, -0.2) is 0 Å². The molecule has 28 heavy (non-hydrogen) atoms. The zero-order valence-corrected chi connectivity index (χ0v) is 15.1. The number of carbonyl (C=O) groups excluding carboxylic acids is 1. The lowest BCUT2D eigenvalue weighted by Gasteiger charge is -2.45. The molecule has 0 bridgehead atoms. The molecular formula is C20H24O8. The van der Waals surface area contributed by atoms with Crippen LogP contribution in [0.2, 0.25) is 0 Å². The molecule has 1 aromatic carbocycles. The summed E-state index contributed by atoms with van der Waals surface area (Å²) in [6, 6.07) is 4.88. The van der Waals surface area contributed by atoms with Crippen molar-refractivity contribution >= 4 is 11.4 Å². The number of aryl methyl sites for hydroxylation is 1. The van der Waals surface area contributed by atoms with Gasteiger partial charge in [-0.05, 0) is 12.0 Å². The molecule has 0 amide bonds. The Morgan fingerprint density at radius 1 is 1.18 bits per heavy atom. The number of aliphatic hydroxyl groups is 5. The fourth-order valence-electron chi connectivity index (χ4n) is 3.53. The number of carbonyl (C=O) groups is 1. The molecule has 6 N–H and O–H groups in total. The van der Waals surface area contributed by atoms with Crippen LogP contribution in [0.3, 0.4) is 0 Å². The zero-order chi connectivity index (χ0) is 20.5. The third kappa shape index (κ3) is 3.75. The maximum absolute atomic E-state index is 12.1. The molecule has 0 radical (unpaired) electrons. The van der Waals surface area contributed by atoms with Gasteiger partial charge >= 0.3 is 0 Å². The Labute approximate surface area is 161 Å². The van der Waals surface area contributed by atoms with Gasteiger partial charge in [-0.3, -0.25) is 4.79 Å². The van der Waals surface area contributed by atoms with Crippen molar-refractivity contribution in [1.82, 2.24) is 0 Å². The summed E-state index contributed by atoms with van der Waals surface area (Å²) >= 11 is 0. The van der Waals surface area contributed by atoms with E-state index in [0.717, 1.165) is 0 Å². The second-order valence-corrected chi connectivity index (χ2v) is 7.06. The molecule has 8 heteroatoms. The van der Waals surface area contributed by atoms with Gasteiger partial charge in [0.05, 0.1) is 6.61 Å². The van der Waals surface area contributed by atoms with E-state index in [0.29, 0.717) is 16.7 Å². The Bertz CT molecular complexity index is 799. The van der Waals surface area contributed by atoms with Crippen molar-refractivity contribution < 1.29 is 40.2 Å². The maximum atomic E-state index is 12.1. The molecular weight excluding hydrogens is 368 g/mol. The topological polar surface area (TPSA) is 148 Å². The smallest absolute Gasteiger partial charge is 0.195 e. The van der Waals surface area contributed by atoms with Crippen LogP contribution in [-0.4, -0.2) is 73.2 Å². The van der Waals surface area contributed by atoms with Crippen molar-refractivity contribution in [3.8, 4) is 5.75 Å². The van der Waals surface area contributed by atoms with Gasteiger partial charge < -0.3 is 35.4 Å². The highest BCUT2D eigenvalue weighted by Crippen LogP contribution is 2.35. The first-order valence-corrected chi connectivity index (χ1v) is 9.05. The molecule has 1 saturated heterocycles. The predicted octanol–water partition coefficient (Wildman–Crippen LogP) is -0.600. The number of rotatable bonds is 5. The molecule has 2 aliphatic rings. The van der Waals surface area contributed by atoms with E-state index in [9.17, 15) is 35.4 Å². The SMILES string of the molecule is O=C1CC=CC=C1c1cccc(CC[C@@]2(O)O[C@H](CO)[C@@H](O)[C@H](O)[C@H]2O)c1O. The van der Waals surface area contributed by atoms with E-state index in [1.165, 1.54) is 0 Å². The van der Waals surface area contributed by atoms with Gasteiger partial charge in [0, 0.05) is 24.0 Å². The van der Waals surface area contributed by atoms with E-state index in [-0.39, 0.29) is 30.8 Å². The summed E-state index contributed by atoms with van der Waals surface area (Å²) in [7, 11) is 0. The van der Waals surface area contributed by atoms with E-state index in [2.05, 4.69) is 0 Å². The molecule has 152 valence electrons. The van der Waals surface area contributed by atoms with Gasteiger partial charge in [-0.15, -0.1) is 0 Å². The van der Waals surface area contributed by atoms with Crippen molar-refractivity contribution in [2.24, 2.45) is 0 Å². The Balaban J connectivity index is 1.81. The average molecular weight is 392 g/mol. The summed E-state index contributed by atoms with van der Waals surface area (Å²) in [5.41, 5.74) is 1.16. The van der Waals surface area contributed by atoms with Gasteiger partial charge in [-0.1, -0.05) is 36.4 Å². The fourth-order valence-corrected chi connectivity index (χ4v) is 3.53. The summed E-state index contributed by atoms with van der Waals surface area (Å²) in [5, 5.41) is 60.3. The van der Waals surface area contributed by atoms with E-state index in [4.69, 9.17) is 4.74 Å². The fraction of sp³-hybridized carbons (Fsp3) is 0.450. The molecule has 0 spiro atoms. The molecule has 0 unspecified atom stereocenters. The Morgan fingerprint density at radius 3 is 2.61 bits per heavy atom. The number of phenols is 1. The lowest BCUT2D eigenvalue weighted by Crippen LogP contribution is -2.65. The number of allylic oxidation sites excluding steroid dienone is 4. The van der Waals surface area contributed by atoms with E-state index in [1.807, 2.05) is 0 Å². The van der Waals surface area contributed by atoms with Crippen molar-refractivity contribution in [1.29, 1.82) is 0 Å². The van der Waals surface area contributed by atoms with Crippen LogP contribution < -0.4 is 0 Å². The van der Waals surface area contributed by atoms with E-state index < -0.39 is 36.8 Å². The van der Waals surface area contributed by atoms with Crippen molar-refractivity contribution in [3.05, 3.63) is 47.6 Å². The van der Waals surface area contributed by atoms with Gasteiger partial charge in [0.15, 0.2) is 11.6 Å². The van der Waals surface area contributed by atoms with E-state index in [1.54, 1.807) is 36.4 Å². The average Bonchev–Trinajstić information content (AvgIpc) is 2.69. The number of Topliss-reactive ketones (excluding diaryl/α,β-unsaturated/α-hetero) is 1. The number of aromatic hydroxyl groups is 1. The number of ketones is 1. The standard InChI is InChI=1S/C20H24O8/c21-10-15-17(24)18(25)19(26)20(27,28-15)9-8-11-4-3-6-13(16(11)23)12-5-1-2-7-14(12)22/h1-6,15,17-19,21,23-27H,7-10H2/t15-,17-,18+,19-,20-/m1/s1. The predicted molar refractivity (Wildman–Crippen MR) is 98.1 cm³/mol. The molecule has 1 aliphatic heterocycles. The summed E-state index contributed by atoms with van der Waals surface area (Å²) < 4.78 is 5.23.